The van der Waals surface area contributed by atoms with Crippen LogP contribution in [-0.4, -0.2) is 22.5 Å². The summed E-state index contributed by atoms with van der Waals surface area (Å²) in [4.78, 5) is 25.8. The van der Waals surface area contributed by atoms with Crippen molar-refractivity contribution in [3.8, 4) is 5.75 Å². The number of ether oxygens (including phenoxy) is 1. The third-order valence-electron chi connectivity index (χ3n) is 4.10. The molecule has 0 saturated carbocycles. The minimum Gasteiger partial charge on any atom is -0.507 e. The zero-order chi connectivity index (χ0) is 20.3. The Bertz CT molecular complexity index is 1070. The van der Waals surface area contributed by atoms with Crippen LogP contribution in [-0.2, 0) is 9.53 Å². The first-order valence-electron chi connectivity index (χ1n) is 9.01. The molecule has 28 heavy (non-hydrogen) atoms. The fraction of sp³-hybridized carbons (Fsp3) is 0.167. The molecular weight excluding hydrogens is 352 g/mol. The number of phenols is 1. The monoisotopic (exact) mass is 374 g/mol. The molecule has 142 valence electrons. The number of carbonyl (C=O) groups is 2. The number of Topliss-reactive ketones (excluding diaryl/α,β-unsaturated/α-hetero) is 1. The molecule has 0 bridgehead atoms. The molecule has 0 aliphatic heterocycles. The number of hydrogen-bond acceptors (Lipinski definition) is 4. The van der Waals surface area contributed by atoms with Gasteiger partial charge in [0.15, 0.2) is 0 Å². The van der Waals surface area contributed by atoms with Crippen LogP contribution in [0.2, 0.25) is 0 Å². The highest BCUT2D eigenvalue weighted by Gasteiger charge is 2.27. The Morgan fingerprint density at radius 2 is 1.54 bits per heavy atom. The maximum absolute atomic E-state index is 13.0. The van der Waals surface area contributed by atoms with Crippen LogP contribution >= 0.6 is 0 Å². The number of benzene rings is 3. The molecule has 0 fully saturated rings. The molecule has 1 N–H and O–H groups in total. The second-order valence-corrected chi connectivity index (χ2v) is 7.51. The van der Waals surface area contributed by atoms with Crippen LogP contribution in [0.25, 0.3) is 16.8 Å². The van der Waals surface area contributed by atoms with Crippen molar-refractivity contribution in [3.05, 3.63) is 83.4 Å². The molecule has 4 nitrogen and oxygen atoms in total. The summed E-state index contributed by atoms with van der Waals surface area (Å²) in [6, 6.07) is 19.6. The maximum atomic E-state index is 13.0. The first-order chi connectivity index (χ1) is 13.2. The van der Waals surface area contributed by atoms with Crippen LogP contribution in [0.1, 0.15) is 36.7 Å². The predicted octanol–water partition coefficient (Wildman–Crippen LogP) is 5.15. The van der Waals surface area contributed by atoms with Crippen molar-refractivity contribution < 1.29 is 19.4 Å². The lowest BCUT2D eigenvalue weighted by Crippen LogP contribution is -2.27. The lowest BCUT2D eigenvalue weighted by Gasteiger charge is -2.20. The van der Waals surface area contributed by atoms with Gasteiger partial charge in [-0.1, -0.05) is 48.5 Å². The van der Waals surface area contributed by atoms with Crippen LogP contribution in [0.3, 0.4) is 0 Å². The molecule has 0 aliphatic rings. The molecule has 3 rings (SSSR count). The zero-order valence-electron chi connectivity index (χ0n) is 16.1. The smallest absolute Gasteiger partial charge is 0.342 e. The van der Waals surface area contributed by atoms with Crippen LogP contribution in [0.15, 0.2) is 72.3 Å². The molecular formula is C24H22O4. The number of aromatic hydroxyl groups is 1. The van der Waals surface area contributed by atoms with E-state index >= 15 is 0 Å². The van der Waals surface area contributed by atoms with E-state index in [0.717, 1.165) is 10.8 Å². The van der Waals surface area contributed by atoms with Crippen molar-refractivity contribution in [1.29, 1.82) is 0 Å². The minimum absolute atomic E-state index is 0.0559. The Kier molecular flexibility index (Phi) is 5.32. The van der Waals surface area contributed by atoms with E-state index in [2.05, 4.69) is 0 Å². The normalized spacial score (nSPS) is 12.0. The van der Waals surface area contributed by atoms with E-state index in [9.17, 15) is 14.7 Å². The van der Waals surface area contributed by atoms with Gasteiger partial charge in [0, 0.05) is 0 Å². The summed E-state index contributed by atoms with van der Waals surface area (Å²) in [6.45, 7) is 5.22. The van der Waals surface area contributed by atoms with Crippen molar-refractivity contribution in [2.75, 3.05) is 0 Å². The Balaban J connectivity index is 2.08. The van der Waals surface area contributed by atoms with E-state index in [1.54, 1.807) is 32.9 Å². The molecule has 0 spiro atoms. The van der Waals surface area contributed by atoms with Gasteiger partial charge in [0.25, 0.3) is 0 Å². The van der Waals surface area contributed by atoms with E-state index in [0.29, 0.717) is 5.56 Å². The lowest BCUT2D eigenvalue weighted by atomic mass is 9.98. The second kappa shape index (κ2) is 7.69. The number of fused-ring (bicyclic) bond motifs is 1. The Labute approximate surface area is 164 Å². The Morgan fingerprint density at radius 1 is 0.893 bits per heavy atom. The highest BCUT2D eigenvalue weighted by atomic mass is 16.6. The minimum atomic E-state index is -0.751. The van der Waals surface area contributed by atoms with Gasteiger partial charge in [-0.3, -0.25) is 4.79 Å². The van der Waals surface area contributed by atoms with Gasteiger partial charge in [-0.2, -0.15) is 0 Å². The van der Waals surface area contributed by atoms with Gasteiger partial charge in [0.1, 0.15) is 16.9 Å². The van der Waals surface area contributed by atoms with Crippen LogP contribution in [0.5, 0.6) is 5.75 Å². The fourth-order valence-corrected chi connectivity index (χ4v) is 2.83. The van der Waals surface area contributed by atoms with Crippen molar-refractivity contribution in [2.45, 2.75) is 26.4 Å². The molecule has 0 radical (unpaired) electrons. The number of esters is 1. The topological polar surface area (TPSA) is 63.6 Å². The standard InChI is InChI=1S/C24H22O4/c1-24(2,3)28-23(27)20(22(26)19-10-6-7-11-21(19)25)15-16-12-13-17-8-4-5-9-18(17)14-16/h4-15,25H,1-3H3. The summed E-state index contributed by atoms with van der Waals surface area (Å²) >= 11 is 0. The summed E-state index contributed by atoms with van der Waals surface area (Å²) in [5.41, 5.74) is -0.131. The molecule has 4 heteroatoms. The van der Waals surface area contributed by atoms with E-state index in [-0.39, 0.29) is 16.9 Å². The lowest BCUT2D eigenvalue weighted by molar-refractivity contribution is -0.149. The number of para-hydroxylation sites is 1. The number of phenolic OH excluding ortho intramolecular Hbond substituents is 1. The summed E-state index contributed by atoms with van der Waals surface area (Å²) < 4.78 is 5.43. The summed E-state index contributed by atoms with van der Waals surface area (Å²) in [7, 11) is 0. The van der Waals surface area contributed by atoms with E-state index in [4.69, 9.17) is 4.74 Å². The molecule has 0 aliphatic carbocycles. The quantitative estimate of drug-likeness (QED) is 0.225. The molecule has 0 saturated heterocycles. The van der Waals surface area contributed by atoms with E-state index < -0.39 is 17.4 Å². The zero-order valence-corrected chi connectivity index (χ0v) is 16.1. The predicted molar refractivity (Wildman–Crippen MR) is 110 cm³/mol. The molecule has 3 aromatic carbocycles. The number of hydrogen-bond donors (Lipinski definition) is 1. The summed E-state index contributed by atoms with van der Waals surface area (Å²) in [5.74, 6) is -1.49. The highest BCUT2D eigenvalue weighted by molar-refractivity contribution is 6.27. The van der Waals surface area contributed by atoms with Crippen molar-refractivity contribution >= 4 is 28.6 Å². The average molecular weight is 374 g/mol. The summed E-state index contributed by atoms with van der Waals surface area (Å²) in [6.07, 6.45) is 1.51. The van der Waals surface area contributed by atoms with Crippen molar-refractivity contribution in [3.63, 3.8) is 0 Å². The van der Waals surface area contributed by atoms with E-state index in [1.165, 1.54) is 18.2 Å². The maximum Gasteiger partial charge on any atom is 0.342 e. The first-order valence-corrected chi connectivity index (χ1v) is 9.01. The second-order valence-electron chi connectivity index (χ2n) is 7.51. The largest absolute Gasteiger partial charge is 0.507 e. The van der Waals surface area contributed by atoms with Gasteiger partial charge in [0.05, 0.1) is 5.56 Å². The number of carbonyl (C=O) groups excluding carboxylic acids is 2. The molecule has 0 aromatic heterocycles. The van der Waals surface area contributed by atoms with Gasteiger partial charge in [0.2, 0.25) is 5.78 Å². The Hall–Kier alpha value is -3.40. The Morgan fingerprint density at radius 3 is 2.21 bits per heavy atom. The van der Waals surface area contributed by atoms with Crippen molar-refractivity contribution in [1.82, 2.24) is 0 Å². The molecule has 0 heterocycles. The average Bonchev–Trinajstić information content (AvgIpc) is 2.64. The number of rotatable bonds is 4. The van der Waals surface area contributed by atoms with E-state index in [1.807, 2.05) is 42.5 Å². The SMILES string of the molecule is CC(C)(C)OC(=O)C(=Cc1ccc2ccccc2c1)C(=O)c1ccccc1O. The third kappa shape index (κ3) is 4.46. The summed E-state index contributed by atoms with van der Waals surface area (Å²) in [5, 5.41) is 12.1. The molecule has 0 amide bonds. The van der Waals surface area contributed by atoms with Gasteiger partial charge >= 0.3 is 5.97 Å². The molecule has 0 unspecified atom stereocenters. The van der Waals surface area contributed by atoms with Crippen LogP contribution in [0.4, 0.5) is 0 Å². The third-order valence-corrected chi connectivity index (χ3v) is 4.10. The van der Waals surface area contributed by atoms with Gasteiger partial charge in [-0.05, 0) is 61.4 Å². The van der Waals surface area contributed by atoms with Crippen LogP contribution in [0, 0.1) is 0 Å². The van der Waals surface area contributed by atoms with Gasteiger partial charge in [-0.15, -0.1) is 0 Å². The number of ketones is 1. The first kappa shape index (κ1) is 19.4. The van der Waals surface area contributed by atoms with Gasteiger partial charge < -0.3 is 9.84 Å². The van der Waals surface area contributed by atoms with Crippen LogP contribution < -0.4 is 0 Å². The van der Waals surface area contributed by atoms with Crippen molar-refractivity contribution in [2.24, 2.45) is 0 Å². The molecule has 0 atom stereocenters. The van der Waals surface area contributed by atoms with Gasteiger partial charge in [-0.25, -0.2) is 4.79 Å². The highest BCUT2D eigenvalue weighted by Crippen LogP contribution is 2.24. The fourth-order valence-electron chi connectivity index (χ4n) is 2.83. The molecule has 3 aromatic rings.